The molecule has 0 N–H and O–H groups in total. The van der Waals surface area contributed by atoms with Gasteiger partial charge in [-0.1, -0.05) is 0 Å². The molecule has 2 amide bonds. The summed E-state index contributed by atoms with van der Waals surface area (Å²) in [5.74, 6) is -0.328. The molecule has 0 bridgehead atoms. The van der Waals surface area contributed by atoms with Gasteiger partial charge in [0.15, 0.2) is 0 Å². The van der Waals surface area contributed by atoms with Gasteiger partial charge in [0.05, 0.1) is 18.7 Å². The Morgan fingerprint density at radius 2 is 1.96 bits per heavy atom. The van der Waals surface area contributed by atoms with Crippen LogP contribution in [0.4, 0.5) is 4.79 Å². The number of aromatic nitrogens is 2. The van der Waals surface area contributed by atoms with Crippen molar-refractivity contribution in [3.05, 3.63) is 23.3 Å². The summed E-state index contributed by atoms with van der Waals surface area (Å²) in [4.78, 5) is 32.3. The Bertz CT molecular complexity index is 699. The molecular weight excluding hydrogens is 340 g/mol. The van der Waals surface area contributed by atoms with E-state index in [0.29, 0.717) is 24.4 Å². The number of nitrogens with zero attached hydrogens (tertiary/aromatic N) is 4. The van der Waals surface area contributed by atoms with Crippen LogP contribution in [0.25, 0.3) is 0 Å². The van der Waals surface area contributed by atoms with E-state index < -0.39 is 17.2 Å². The van der Waals surface area contributed by atoms with Gasteiger partial charge in [0, 0.05) is 19.6 Å². The molecule has 0 saturated carbocycles. The lowest BCUT2D eigenvalue weighted by atomic mass is 9.98. The molecule has 144 valence electrons. The van der Waals surface area contributed by atoms with E-state index in [9.17, 15) is 14.8 Å². The van der Waals surface area contributed by atoms with Crippen LogP contribution < -0.4 is 9.47 Å². The molecule has 0 spiro atoms. The maximum absolute atomic E-state index is 12.9. The van der Waals surface area contributed by atoms with Gasteiger partial charge in [-0.25, -0.2) is 9.52 Å². The molecule has 26 heavy (non-hydrogen) atoms. The zero-order valence-electron chi connectivity index (χ0n) is 16.1. The molecular formula is C17H26N4O5. The number of ether oxygens (including phenoxy) is 2. The van der Waals surface area contributed by atoms with Gasteiger partial charge in [-0.15, -0.1) is 0 Å². The molecule has 2 heterocycles. The largest absolute Gasteiger partial charge is 0.708 e. The highest BCUT2D eigenvalue weighted by Gasteiger charge is 2.41. The lowest BCUT2D eigenvalue weighted by molar-refractivity contribution is -0.615. The van der Waals surface area contributed by atoms with Crippen molar-refractivity contribution in [2.24, 2.45) is 0 Å². The van der Waals surface area contributed by atoms with Crippen LogP contribution in [0.2, 0.25) is 0 Å². The summed E-state index contributed by atoms with van der Waals surface area (Å²) in [6.07, 6.45) is 0.598. The lowest BCUT2D eigenvalue weighted by Crippen LogP contribution is -2.62. The second-order valence-electron chi connectivity index (χ2n) is 7.81. The molecule has 1 saturated heterocycles. The minimum atomic E-state index is -0.621. The molecule has 1 aliphatic rings. The molecule has 9 heteroatoms. The first-order valence-corrected chi connectivity index (χ1v) is 8.38. The van der Waals surface area contributed by atoms with Crippen molar-refractivity contribution in [1.29, 1.82) is 0 Å². The van der Waals surface area contributed by atoms with Crippen molar-refractivity contribution in [1.82, 2.24) is 14.8 Å². The zero-order valence-corrected chi connectivity index (χ0v) is 16.1. The molecule has 0 unspecified atom stereocenters. The Morgan fingerprint density at radius 3 is 2.50 bits per heavy atom. The smallest absolute Gasteiger partial charge is 0.410 e. The Balaban J connectivity index is 2.15. The number of hydrogen-bond acceptors (Lipinski definition) is 6. The normalized spacial score (nSPS) is 17.0. The number of carbonyl (C=O) groups excluding carboxylic acids is 2. The molecule has 1 aromatic rings. The summed E-state index contributed by atoms with van der Waals surface area (Å²) in [7, 11) is 1.35. The van der Waals surface area contributed by atoms with Crippen LogP contribution in [-0.4, -0.2) is 64.7 Å². The highest BCUT2D eigenvalue weighted by molar-refractivity contribution is 5.93. The van der Waals surface area contributed by atoms with Crippen LogP contribution in [0.5, 0.6) is 5.88 Å². The first kappa shape index (κ1) is 19.7. The van der Waals surface area contributed by atoms with E-state index in [1.807, 2.05) is 34.6 Å². The average molecular weight is 366 g/mol. The van der Waals surface area contributed by atoms with Gasteiger partial charge >= 0.3 is 6.09 Å². The molecule has 1 fully saturated rings. The average Bonchev–Trinajstić information content (AvgIpc) is 2.52. The van der Waals surface area contributed by atoms with Crippen LogP contribution >= 0.6 is 0 Å². The quantitative estimate of drug-likeness (QED) is 0.576. The monoisotopic (exact) mass is 366 g/mol. The molecule has 1 aromatic heterocycles. The number of hydrogen-bond donors (Lipinski definition) is 0. The second kappa shape index (κ2) is 6.97. The van der Waals surface area contributed by atoms with Crippen molar-refractivity contribution in [3.8, 4) is 5.88 Å². The number of amides is 2. The first-order chi connectivity index (χ1) is 11.9. The zero-order chi connectivity index (χ0) is 19.7. The minimum absolute atomic E-state index is 0.00597. The molecule has 2 rings (SSSR count). The van der Waals surface area contributed by atoms with Gasteiger partial charge in [0.1, 0.15) is 5.60 Å². The van der Waals surface area contributed by atoms with Gasteiger partial charge in [-0.05, 0) is 39.6 Å². The van der Waals surface area contributed by atoms with Crippen LogP contribution in [0.1, 0.15) is 45.1 Å². The molecule has 1 aliphatic heterocycles. The Morgan fingerprint density at radius 1 is 1.31 bits per heavy atom. The van der Waals surface area contributed by atoms with Crippen LogP contribution in [0.15, 0.2) is 12.4 Å². The Labute approximate surface area is 153 Å². The summed E-state index contributed by atoms with van der Waals surface area (Å²) >= 11 is 0. The van der Waals surface area contributed by atoms with Crippen LogP contribution in [0, 0.1) is 5.21 Å². The third-order valence-corrected chi connectivity index (χ3v) is 4.01. The fourth-order valence-electron chi connectivity index (χ4n) is 2.81. The number of rotatable bonds is 2. The SMILES string of the molecule is COc1cc(C(=O)N2CCN(C(=O)OC(C)(C)C)CC2(C)C)nc[n+]1[O-]. The Kier molecular flexibility index (Phi) is 5.29. The molecule has 0 aromatic carbocycles. The molecule has 9 nitrogen and oxygen atoms in total. The van der Waals surface area contributed by atoms with E-state index >= 15 is 0 Å². The van der Waals surface area contributed by atoms with Gasteiger partial charge < -0.3 is 24.5 Å². The number of carbonyl (C=O) groups is 2. The van der Waals surface area contributed by atoms with Gasteiger partial charge in [0.25, 0.3) is 18.1 Å². The predicted octanol–water partition coefficient (Wildman–Crippen LogP) is 1.20. The van der Waals surface area contributed by atoms with E-state index in [1.165, 1.54) is 13.2 Å². The van der Waals surface area contributed by atoms with Crippen molar-refractivity contribution in [2.45, 2.75) is 45.8 Å². The fourth-order valence-corrected chi connectivity index (χ4v) is 2.81. The van der Waals surface area contributed by atoms with Crippen LogP contribution in [-0.2, 0) is 4.74 Å². The van der Waals surface area contributed by atoms with Gasteiger partial charge in [0.2, 0.25) is 5.69 Å². The molecule has 0 atom stereocenters. The summed E-state index contributed by atoms with van der Waals surface area (Å²) in [5.41, 5.74) is -1.08. The van der Waals surface area contributed by atoms with Crippen LogP contribution in [0.3, 0.4) is 0 Å². The Hall–Kier alpha value is -2.58. The molecule has 0 radical (unpaired) electrons. The van der Waals surface area contributed by atoms with E-state index in [4.69, 9.17) is 9.47 Å². The van der Waals surface area contributed by atoms with Gasteiger partial charge in [-0.2, -0.15) is 0 Å². The lowest BCUT2D eigenvalue weighted by Gasteiger charge is -2.46. The highest BCUT2D eigenvalue weighted by Crippen LogP contribution is 2.24. The maximum Gasteiger partial charge on any atom is 0.410 e. The fraction of sp³-hybridized carbons (Fsp3) is 0.647. The molecule has 0 aliphatic carbocycles. The topological polar surface area (TPSA) is 98.9 Å². The second-order valence-corrected chi connectivity index (χ2v) is 7.81. The highest BCUT2D eigenvalue weighted by atomic mass is 16.6. The van der Waals surface area contributed by atoms with Crippen molar-refractivity contribution in [2.75, 3.05) is 26.7 Å². The van der Waals surface area contributed by atoms with Crippen molar-refractivity contribution < 1.29 is 23.8 Å². The van der Waals surface area contributed by atoms with Crippen molar-refractivity contribution >= 4 is 12.0 Å². The summed E-state index contributed by atoms with van der Waals surface area (Å²) in [6, 6.07) is 1.31. The summed E-state index contributed by atoms with van der Waals surface area (Å²) in [6.45, 7) is 10.2. The maximum atomic E-state index is 12.9. The predicted molar refractivity (Wildman–Crippen MR) is 92.7 cm³/mol. The van der Waals surface area contributed by atoms with E-state index in [2.05, 4.69) is 4.98 Å². The number of methoxy groups -OCH3 is 1. The standard InChI is InChI=1S/C17H26N4O5/c1-16(2,3)26-15(23)19-7-8-20(17(4,5)10-19)14(22)12-9-13(25-6)21(24)11-18-12/h9,11H,7-8,10H2,1-6H3. The third kappa shape index (κ3) is 4.33. The van der Waals surface area contributed by atoms with Gasteiger partial charge in [-0.3, -0.25) is 4.79 Å². The summed E-state index contributed by atoms with van der Waals surface area (Å²) in [5, 5.41) is 11.5. The number of piperazine rings is 1. The first-order valence-electron chi connectivity index (χ1n) is 8.38. The summed E-state index contributed by atoms with van der Waals surface area (Å²) < 4.78 is 10.8. The third-order valence-electron chi connectivity index (χ3n) is 4.01. The van der Waals surface area contributed by atoms with E-state index in [-0.39, 0.29) is 17.5 Å². The minimum Gasteiger partial charge on any atom is -0.708 e. The van der Waals surface area contributed by atoms with Crippen molar-refractivity contribution in [3.63, 3.8) is 0 Å². The van der Waals surface area contributed by atoms with E-state index in [0.717, 1.165) is 6.33 Å². The van der Waals surface area contributed by atoms with E-state index in [1.54, 1.807) is 9.80 Å².